The van der Waals surface area contributed by atoms with Gasteiger partial charge in [0.25, 0.3) is 0 Å². The minimum absolute atomic E-state index is 0.170. The first-order valence-corrected chi connectivity index (χ1v) is 7.85. The molecule has 1 fully saturated rings. The van der Waals surface area contributed by atoms with Crippen LogP contribution in [0, 0.1) is 23.1 Å². The molecular formula is C16H23BrFN. The zero-order valence-corrected chi connectivity index (χ0v) is 13.3. The maximum Gasteiger partial charge on any atom is 0.137 e. The highest BCUT2D eigenvalue weighted by Gasteiger charge is 2.34. The highest BCUT2D eigenvalue weighted by atomic mass is 79.9. The Labute approximate surface area is 123 Å². The van der Waals surface area contributed by atoms with Crippen LogP contribution in [0.5, 0.6) is 0 Å². The van der Waals surface area contributed by atoms with Crippen molar-refractivity contribution >= 4 is 15.9 Å². The largest absolute Gasteiger partial charge is 0.330 e. The molecule has 0 saturated heterocycles. The Morgan fingerprint density at radius 3 is 2.79 bits per heavy atom. The van der Waals surface area contributed by atoms with Gasteiger partial charge in [0, 0.05) is 0 Å². The van der Waals surface area contributed by atoms with E-state index in [4.69, 9.17) is 5.73 Å². The average molecular weight is 328 g/mol. The summed E-state index contributed by atoms with van der Waals surface area (Å²) in [6.45, 7) is 5.40. The van der Waals surface area contributed by atoms with Crippen molar-refractivity contribution in [1.82, 2.24) is 0 Å². The van der Waals surface area contributed by atoms with Crippen LogP contribution in [0.3, 0.4) is 0 Å². The molecule has 0 aliphatic heterocycles. The van der Waals surface area contributed by atoms with E-state index in [1.54, 1.807) is 6.07 Å². The lowest BCUT2D eigenvalue weighted by molar-refractivity contribution is 0.121. The number of benzene rings is 1. The second-order valence-corrected chi connectivity index (χ2v) is 7.37. The summed E-state index contributed by atoms with van der Waals surface area (Å²) in [5, 5.41) is 0. The molecule has 3 heteroatoms. The minimum atomic E-state index is -0.170. The van der Waals surface area contributed by atoms with Crippen LogP contribution in [0.25, 0.3) is 0 Å². The first-order valence-electron chi connectivity index (χ1n) is 7.06. The molecule has 19 heavy (non-hydrogen) atoms. The molecule has 2 atom stereocenters. The Balaban J connectivity index is 2.17. The lowest BCUT2D eigenvalue weighted by Crippen LogP contribution is -2.35. The highest BCUT2D eigenvalue weighted by molar-refractivity contribution is 9.10. The topological polar surface area (TPSA) is 26.0 Å². The average Bonchev–Trinajstić information content (AvgIpc) is 2.34. The maximum atomic E-state index is 13.6. The Kier molecular flexibility index (Phi) is 4.67. The first-order chi connectivity index (χ1) is 8.93. The molecule has 1 nitrogen and oxygen atoms in total. The van der Waals surface area contributed by atoms with Crippen LogP contribution in [0.1, 0.15) is 38.7 Å². The molecule has 1 aromatic rings. The summed E-state index contributed by atoms with van der Waals surface area (Å²) in [4.78, 5) is 0. The minimum Gasteiger partial charge on any atom is -0.330 e. The molecule has 2 rings (SSSR count). The number of hydrogen-bond acceptors (Lipinski definition) is 1. The van der Waals surface area contributed by atoms with Crippen LogP contribution in [0.4, 0.5) is 4.39 Å². The lowest BCUT2D eigenvalue weighted by atomic mass is 9.65. The quantitative estimate of drug-likeness (QED) is 0.867. The van der Waals surface area contributed by atoms with Crippen molar-refractivity contribution in [3.05, 3.63) is 34.1 Å². The van der Waals surface area contributed by atoms with E-state index in [-0.39, 0.29) is 5.82 Å². The van der Waals surface area contributed by atoms with E-state index in [2.05, 4.69) is 29.8 Å². The summed E-state index contributed by atoms with van der Waals surface area (Å²) in [5.74, 6) is 0.965. The third-order valence-electron chi connectivity index (χ3n) is 4.49. The predicted octanol–water partition coefficient (Wildman–Crippen LogP) is 4.53. The number of rotatable bonds is 3. The number of nitrogens with two attached hydrogens (primary N) is 1. The van der Waals surface area contributed by atoms with Gasteiger partial charge >= 0.3 is 0 Å². The molecule has 1 aromatic carbocycles. The van der Waals surface area contributed by atoms with Gasteiger partial charge in [-0.25, -0.2) is 4.39 Å². The van der Waals surface area contributed by atoms with E-state index in [1.165, 1.54) is 25.3 Å². The maximum absolute atomic E-state index is 13.6. The van der Waals surface area contributed by atoms with Crippen LogP contribution < -0.4 is 5.73 Å². The van der Waals surface area contributed by atoms with Crippen LogP contribution >= 0.6 is 15.9 Å². The van der Waals surface area contributed by atoms with Crippen molar-refractivity contribution in [2.45, 2.75) is 39.5 Å². The SMILES string of the molecule is CC1(C)CCC(CN)C(Cc2cccc(F)c2Br)C1. The van der Waals surface area contributed by atoms with E-state index < -0.39 is 0 Å². The fraction of sp³-hybridized carbons (Fsp3) is 0.625. The molecule has 1 aliphatic carbocycles. The van der Waals surface area contributed by atoms with Gasteiger partial charge in [0.15, 0.2) is 0 Å². The summed E-state index contributed by atoms with van der Waals surface area (Å²) in [5.41, 5.74) is 7.37. The van der Waals surface area contributed by atoms with E-state index in [0.29, 0.717) is 21.7 Å². The van der Waals surface area contributed by atoms with Crippen LogP contribution in [-0.2, 0) is 6.42 Å². The molecule has 0 radical (unpaired) electrons. The van der Waals surface area contributed by atoms with Crippen molar-refractivity contribution in [3.8, 4) is 0 Å². The van der Waals surface area contributed by atoms with Gasteiger partial charge in [-0.05, 0) is 77.0 Å². The van der Waals surface area contributed by atoms with Gasteiger partial charge in [-0.1, -0.05) is 26.0 Å². The highest BCUT2D eigenvalue weighted by Crippen LogP contribution is 2.43. The zero-order valence-electron chi connectivity index (χ0n) is 11.8. The predicted molar refractivity (Wildman–Crippen MR) is 81.5 cm³/mol. The second-order valence-electron chi connectivity index (χ2n) is 6.58. The molecule has 1 saturated carbocycles. The fourth-order valence-electron chi connectivity index (χ4n) is 3.33. The Hall–Kier alpha value is -0.410. The number of halogens is 2. The van der Waals surface area contributed by atoms with E-state index in [1.807, 2.05) is 6.07 Å². The summed E-state index contributed by atoms with van der Waals surface area (Å²) < 4.78 is 14.2. The van der Waals surface area contributed by atoms with Crippen molar-refractivity contribution in [2.75, 3.05) is 6.54 Å². The summed E-state index contributed by atoms with van der Waals surface area (Å²) >= 11 is 3.37. The molecule has 0 aromatic heterocycles. The Bertz CT molecular complexity index is 444. The van der Waals surface area contributed by atoms with Crippen molar-refractivity contribution in [3.63, 3.8) is 0 Å². The van der Waals surface area contributed by atoms with Gasteiger partial charge in [0.2, 0.25) is 0 Å². The van der Waals surface area contributed by atoms with E-state index in [0.717, 1.165) is 18.5 Å². The summed E-state index contributed by atoms with van der Waals surface area (Å²) in [6, 6.07) is 5.31. The van der Waals surface area contributed by atoms with Crippen molar-refractivity contribution in [2.24, 2.45) is 23.0 Å². The molecule has 1 aliphatic rings. The fourth-order valence-corrected chi connectivity index (χ4v) is 3.75. The smallest absolute Gasteiger partial charge is 0.137 e. The third-order valence-corrected chi connectivity index (χ3v) is 5.38. The van der Waals surface area contributed by atoms with Gasteiger partial charge in [-0.15, -0.1) is 0 Å². The second kappa shape index (κ2) is 5.92. The standard InChI is InChI=1S/C16H23BrFN/c1-16(2)7-6-12(10-19)13(9-16)8-11-4-3-5-14(18)15(11)17/h3-5,12-13H,6-10,19H2,1-2H3. The Morgan fingerprint density at radius 2 is 2.11 bits per heavy atom. The van der Waals surface area contributed by atoms with Crippen LogP contribution in [0.15, 0.2) is 22.7 Å². The van der Waals surface area contributed by atoms with Gasteiger partial charge in [-0.2, -0.15) is 0 Å². The summed E-state index contributed by atoms with van der Waals surface area (Å²) in [6.07, 6.45) is 4.54. The third kappa shape index (κ3) is 3.57. The Morgan fingerprint density at radius 1 is 1.37 bits per heavy atom. The molecule has 0 spiro atoms. The zero-order chi connectivity index (χ0) is 14.0. The molecule has 0 heterocycles. The van der Waals surface area contributed by atoms with Crippen molar-refractivity contribution < 1.29 is 4.39 Å². The molecule has 2 N–H and O–H groups in total. The normalized spacial score (nSPS) is 26.4. The van der Waals surface area contributed by atoms with Gasteiger partial charge in [-0.3, -0.25) is 0 Å². The molecule has 0 bridgehead atoms. The molecular weight excluding hydrogens is 305 g/mol. The van der Waals surface area contributed by atoms with Gasteiger partial charge in [0.1, 0.15) is 5.82 Å². The van der Waals surface area contributed by atoms with E-state index in [9.17, 15) is 4.39 Å². The number of hydrogen-bond donors (Lipinski definition) is 1. The first kappa shape index (κ1) is 15.0. The molecule has 0 amide bonds. The van der Waals surface area contributed by atoms with E-state index >= 15 is 0 Å². The summed E-state index contributed by atoms with van der Waals surface area (Å²) in [7, 11) is 0. The lowest BCUT2D eigenvalue weighted by Gasteiger charge is -2.40. The monoisotopic (exact) mass is 327 g/mol. The van der Waals surface area contributed by atoms with Gasteiger partial charge in [0.05, 0.1) is 4.47 Å². The molecule has 2 unspecified atom stereocenters. The van der Waals surface area contributed by atoms with Gasteiger partial charge < -0.3 is 5.73 Å². The molecule has 106 valence electrons. The van der Waals surface area contributed by atoms with Crippen molar-refractivity contribution in [1.29, 1.82) is 0 Å². The van der Waals surface area contributed by atoms with Crippen LogP contribution in [0.2, 0.25) is 0 Å². The van der Waals surface area contributed by atoms with Crippen LogP contribution in [-0.4, -0.2) is 6.54 Å².